The van der Waals surface area contributed by atoms with Gasteiger partial charge in [0.25, 0.3) is 0 Å². The normalized spacial score (nSPS) is 12.2. The lowest BCUT2D eigenvalue weighted by molar-refractivity contribution is -0.167. The summed E-state index contributed by atoms with van der Waals surface area (Å²) in [6.07, 6.45) is 77.2. The minimum Gasteiger partial charge on any atom is -0.462 e. The van der Waals surface area contributed by atoms with Crippen molar-refractivity contribution in [3.63, 3.8) is 0 Å². The number of unbranched alkanes of at least 4 members (excludes halogenated alkanes) is 44. The monoisotopic (exact) mass is 1040 g/mol. The van der Waals surface area contributed by atoms with Crippen molar-refractivity contribution >= 4 is 17.9 Å². The van der Waals surface area contributed by atoms with E-state index in [0.29, 0.717) is 19.3 Å². The Bertz CT molecular complexity index is 1240. The Morgan fingerprint density at radius 1 is 0.270 bits per heavy atom. The molecule has 0 N–H and O–H groups in total. The van der Waals surface area contributed by atoms with Gasteiger partial charge in [0.1, 0.15) is 13.2 Å². The van der Waals surface area contributed by atoms with E-state index in [-0.39, 0.29) is 31.1 Å². The summed E-state index contributed by atoms with van der Waals surface area (Å²) in [6.45, 7) is 6.68. The van der Waals surface area contributed by atoms with Gasteiger partial charge in [0.15, 0.2) is 6.10 Å². The third-order valence-electron chi connectivity index (χ3n) is 14.9. The molecule has 434 valence electrons. The van der Waals surface area contributed by atoms with Gasteiger partial charge in [-0.3, -0.25) is 14.4 Å². The molecule has 0 aromatic rings. The highest BCUT2D eigenvalue weighted by Gasteiger charge is 2.19. The molecule has 0 bridgehead atoms. The molecule has 0 aromatic carbocycles. The number of carbonyl (C=O) groups excluding carboxylic acids is 3. The van der Waals surface area contributed by atoms with E-state index in [9.17, 15) is 14.4 Å². The number of allylic oxidation sites excluding steroid dienone is 6. The van der Waals surface area contributed by atoms with E-state index < -0.39 is 6.10 Å². The molecular weight excluding hydrogens is 913 g/mol. The quantitative estimate of drug-likeness (QED) is 0.0261. The van der Waals surface area contributed by atoms with E-state index in [4.69, 9.17) is 14.2 Å². The SMILES string of the molecule is CCCCCCC/C=C\C/C=C\CCCCCCCCCCCCCCCC(=O)OCC(COC(=O)CCCCCCC/C=C\CCCCCCCC)OC(=O)CCCCCCCCCCCCCCCCCC. The second-order valence-corrected chi connectivity index (χ2v) is 22.4. The van der Waals surface area contributed by atoms with Gasteiger partial charge in [-0.25, -0.2) is 0 Å². The summed E-state index contributed by atoms with van der Waals surface area (Å²) in [4.78, 5) is 38.3. The number of carbonyl (C=O) groups is 3. The van der Waals surface area contributed by atoms with Gasteiger partial charge in [0.2, 0.25) is 0 Å². The molecule has 1 atom stereocenters. The highest BCUT2D eigenvalue weighted by atomic mass is 16.6. The van der Waals surface area contributed by atoms with Crippen molar-refractivity contribution in [2.24, 2.45) is 0 Å². The topological polar surface area (TPSA) is 78.9 Å². The summed E-state index contributed by atoms with van der Waals surface area (Å²) in [7, 11) is 0. The van der Waals surface area contributed by atoms with Crippen LogP contribution in [0.3, 0.4) is 0 Å². The summed E-state index contributed by atoms with van der Waals surface area (Å²) in [5.74, 6) is -0.854. The molecule has 0 saturated heterocycles. The summed E-state index contributed by atoms with van der Waals surface area (Å²) < 4.78 is 17.0. The lowest BCUT2D eigenvalue weighted by atomic mass is 10.0. The van der Waals surface area contributed by atoms with E-state index in [1.807, 2.05) is 0 Å². The first-order chi connectivity index (χ1) is 36.5. The van der Waals surface area contributed by atoms with Crippen LogP contribution in [0.25, 0.3) is 0 Å². The van der Waals surface area contributed by atoms with Crippen LogP contribution < -0.4 is 0 Å². The minimum atomic E-state index is -0.773. The number of hydrogen-bond acceptors (Lipinski definition) is 6. The molecule has 0 radical (unpaired) electrons. The van der Waals surface area contributed by atoms with Crippen molar-refractivity contribution < 1.29 is 28.6 Å². The lowest BCUT2D eigenvalue weighted by Crippen LogP contribution is -2.30. The van der Waals surface area contributed by atoms with E-state index in [1.54, 1.807) is 0 Å². The van der Waals surface area contributed by atoms with Gasteiger partial charge in [-0.05, 0) is 77.0 Å². The summed E-state index contributed by atoms with van der Waals surface area (Å²) in [5, 5.41) is 0. The van der Waals surface area contributed by atoms with Gasteiger partial charge >= 0.3 is 17.9 Å². The zero-order valence-electron chi connectivity index (χ0n) is 49.9. The summed E-state index contributed by atoms with van der Waals surface area (Å²) in [5.41, 5.74) is 0. The fourth-order valence-electron chi connectivity index (χ4n) is 9.88. The second kappa shape index (κ2) is 63.2. The predicted molar refractivity (Wildman–Crippen MR) is 321 cm³/mol. The van der Waals surface area contributed by atoms with Gasteiger partial charge in [-0.1, -0.05) is 301 Å². The smallest absolute Gasteiger partial charge is 0.306 e. The Hall–Kier alpha value is -2.37. The van der Waals surface area contributed by atoms with Crippen LogP contribution in [0.1, 0.15) is 361 Å². The Kier molecular flexibility index (Phi) is 61.1. The maximum Gasteiger partial charge on any atom is 0.306 e. The molecule has 0 heterocycles. The fourth-order valence-corrected chi connectivity index (χ4v) is 9.88. The summed E-state index contributed by atoms with van der Waals surface area (Å²) in [6, 6.07) is 0. The molecule has 6 heteroatoms. The largest absolute Gasteiger partial charge is 0.462 e. The van der Waals surface area contributed by atoms with E-state index in [1.165, 1.54) is 250 Å². The van der Waals surface area contributed by atoms with Crippen LogP contribution in [-0.4, -0.2) is 37.2 Å². The molecule has 6 nitrogen and oxygen atoms in total. The van der Waals surface area contributed by atoms with E-state index >= 15 is 0 Å². The van der Waals surface area contributed by atoms with E-state index in [0.717, 1.165) is 70.6 Å². The van der Waals surface area contributed by atoms with Gasteiger partial charge in [-0.15, -0.1) is 0 Å². The molecule has 0 fully saturated rings. The molecule has 0 aliphatic rings. The van der Waals surface area contributed by atoms with Crippen LogP contribution in [0.15, 0.2) is 36.5 Å². The number of hydrogen-bond donors (Lipinski definition) is 0. The fraction of sp³-hybridized carbons (Fsp3) is 0.868. The third-order valence-corrected chi connectivity index (χ3v) is 14.9. The predicted octanol–water partition coefficient (Wildman–Crippen LogP) is 22.4. The molecule has 0 saturated carbocycles. The first-order valence-corrected chi connectivity index (χ1v) is 33.0. The molecule has 0 aliphatic carbocycles. The Balaban J connectivity index is 4.26. The second-order valence-electron chi connectivity index (χ2n) is 22.4. The maximum absolute atomic E-state index is 12.9. The van der Waals surface area contributed by atoms with Crippen molar-refractivity contribution in [1.29, 1.82) is 0 Å². The molecule has 0 spiro atoms. The van der Waals surface area contributed by atoms with Crippen LogP contribution >= 0.6 is 0 Å². The number of ether oxygens (including phenoxy) is 3. The standard InChI is InChI=1S/C68H126O6/c1-4-7-10-13-16-19-22-25-28-30-31-32-33-34-35-36-37-38-41-43-46-49-52-55-58-61-67(70)73-64-65(63-72-66(69)60-57-54-51-48-45-42-39-27-24-21-18-15-12-9-6-3)74-68(71)62-59-56-53-50-47-44-40-29-26-23-20-17-14-11-8-5-2/h22,25,27,30-31,39,65H,4-21,23-24,26,28-29,32-38,40-64H2,1-3H3/b25-22-,31-30-,39-27-. The van der Waals surface area contributed by atoms with E-state index in [2.05, 4.69) is 57.2 Å². The van der Waals surface area contributed by atoms with Gasteiger partial charge in [0.05, 0.1) is 0 Å². The first-order valence-electron chi connectivity index (χ1n) is 33.0. The van der Waals surface area contributed by atoms with Crippen LogP contribution in [0.2, 0.25) is 0 Å². The van der Waals surface area contributed by atoms with Crippen molar-refractivity contribution in [2.45, 2.75) is 367 Å². The van der Waals surface area contributed by atoms with Crippen molar-refractivity contribution in [3.05, 3.63) is 36.5 Å². The number of rotatable bonds is 61. The molecule has 0 amide bonds. The molecule has 74 heavy (non-hydrogen) atoms. The minimum absolute atomic E-state index is 0.0704. The zero-order valence-corrected chi connectivity index (χ0v) is 49.9. The molecule has 0 aliphatic heterocycles. The average molecular weight is 1040 g/mol. The van der Waals surface area contributed by atoms with Crippen LogP contribution in [0.5, 0.6) is 0 Å². The highest BCUT2D eigenvalue weighted by Crippen LogP contribution is 2.17. The van der Waals surface area contributed by atoms with Gasteiger partial charge in [0, 0.05) is 19.3 Å². The third kappa shape index (κ3) is 60.5. The molecule has 0 rings (SSSR count). The van der Waals surface area contributed by atoms with Crippen molar-refractivity contribution in [3.8, 4) is 0 Å². The zero-order chi connectivity index (χ0) is 53.6. The molecular formula is C68H126O6. The van der Waals surface area contributed by atoms with Crippen molar-refractivity contribution in [1.82, 2.24) is 0 Å². The lowest BCUT2D eigenvalue weighted by Gasteiger charge is -2.18. The highest BCUT2D eigenvalue weighted by molar-refractivity contribution is 5.71. The Labute approximate surface area is 461 Å². The maximum atomic E-state index is 12.9. The van der Waals surface area contributed by atoms with Crippen molar-refractivity contribution in [2.75, 3.05) is 13.2 Å². The van der Waals surface area contributed by atoms with Crippen LogP contribution in [0.4, 0.5) is 0 Å². The molecule has 0 aromatic heterocycles. The molecule has 1 unspecified atom stereocenters. The van der Waals surface area contributed by atoms with Gasteiger partial charge < -0.3 is 14.2 Å². The Morgan fingerprint density at radius 3 is 0.757 bits per heavy atom. The van der Waals surface area contributed by atoms with Crippen LogP contribution in [0, 0.1) is 0 Å². The first kappa shape index (κ1) is 71.6. The average Bonchev–Trinajstić information content (AvgIpc) is 3.40. The number of esters is 3. The summed E-state index contributed by atoms with van der Waals surface area (Å²) >= 11 is 0. The van der Waals surface area contributed by atoms with Crippen LogP contribution in [-0.2, 0) is 28.6 Å². The Morgan fingerprint density at radius 2 is 0.486 bits per heavy atom. The van der Waals surface area contributed by atoms with Gasteiger partial charge in [-0.2, -0.15) is 0 Å².